The van der Waals surface area contributed by atoms with Crippen LogP contribution in [0.25, 0.3) is 5.69 Å². The molecule has 6 rings (SSSR count). The van der Waals surface area contributed by atoms with Crippen molar-refractivity contribution in [2.24, 2.45) is 7.05 Å². The Morgan fingerprint density at radius 3 is 2.71 bits per heavy atom. The fourth-order valence-electron chi connectivity index (χ4n) is 5.76. The first kappa shape index (κ1) is 19.0. The summed E-state index contributed by atoms with van der Waals surface area (Å²) < 4.78 is 16.7. The zero-order chi connectivity index (χ0) is 21.1. The van der Waals surface area contributed by atoms with Crippen LogP contribution in [0.1, 0.15) is 30.7 Å². The summed E-state index contributed by atoms with van der Waals surface area (Å²) in [5.41, 5.74) is 4.71. The van der Waals surface area contributed by atoms with Crippen LogP contribution in [-0.2, 0) is 23.9 Å². The van der Waals surface area contributed by atoms with E-state index in [0.717, 1.165) is 50.3 Å². The standard InChI is InChI=1S/C25H30N4O2/c1-27-11-3-5-19(27)16-28-13-9-24(10-14-28)17-25(18-31-24)23-6-4-12-29(23)22-8-7-20(30-2)15-21(22)26-25/h3-8,11-12,15,26H,9-10,13-14,16-18H2,1-2H3/t25-/m0/s1. The summed E-state index contributed by atoms with van der Waals surface area (Å²) >= 11 is 0. The molecule has 162 valence electrons. The Morgan fingerprint density at radius 1 is 1.10 bits per heavy atom. The first-order valence-electron chi connectivity index (χ1n) is 11.2. The molecule has 2 fully saturated rings. The Labute approximate surface area is 183 Å². The third-order valence-corrected chi connectivity index (χ3v) is 7.53. The zero-order valence-electron chi connectivity index (χ0n) is 18.3. The van der Waals surface area contributed by atoms with E-state index >= 15 is 0 Å². The van der Waals surface area contributed by atoms with E-state index in [-0.39, 0.29) is 11.1 Å². The predicted octanol–water partition coefficient (Wildman–Crippen LogP) is 3.90. The van der Waals surface area contributed by atoms with Gasteiger partial charge in [-0.25, -0.2) is 0 Å². The highest BCUT2D eigenvalue weighted by Crippen LogP contribution is 2.50. The summed E-state index contributed by atoms with van der Waals surface area (Å²) in [7, 11) is 3.85. The van der Waals surface area contributed by atoms with E-state index in [1.54, 1.807) is 7.11 Å². The second-order valence-electron chi connectivity index (χ2n) is 9.39. The van der Waals surface area contributed by atoms with Crippen LogP contribution in [0.3, 0.4) is 0 Å². The number of aryl methyl sites for hydroxylation is 1. The normalized spacial score (nSPS) is 24.2. The molecule has 1 aromatic carbocycles. The van der Waals surface area contributed by atoms with Crippen LogP contribution in [0.2, 0.25) is 0 Å². The number of ether oxygens (including phenoxy) is 2. The van der Waals surface area contributed by atoms with Gasteiger partial charge in [0, 0.05) is 57.3 Å². The largest absolute Gasteiger partial charge is 0.497 e. The van der Waals surface area contributed by atoms with E-state index in [0.29, 0.717) is 6.61 Å². The van der Waals surface area contributed by atoms with Crippen molar-refractivity contribution in [3.8, 4) is 11.4 Å². The van der Waals surface area contributed by atoms with E-state index in [1.807, 2.05) is 6.07 Å². The van der Waals surface area contributed by atoms with Crippen molar-refractivity contribution >= 4 is 5.69 Å². The Morgan fingerprint density at radius 2 is 1.94 bits per heavy atom. The van der Waals surface area contributed by atoms with Gasteiger partial charge in [0.15, 0.2) is 0 Å². The Balaban J connectivity index is 1.23. The molecule has 2 spiro atoms. The number of piperidine rings is 1. The third-order valence-electron chi connectivity index (χ3n) is 7.53. The van der Waals surface area contributed by atoms with Crippen molar-refractivity contribution in [1.82, 2.24) is 14.0 Å². The number of fused-ring (bicyclic) bond motifs is 4. The summed E-state index contributed by atoms with van der Waals surface area (Å²) in [6, 6.07) is 15.0. The molecular weight excluding hydrogens is 388 g/mol. The molecule has 3 aliphatic rings. The smallest absolute Gasteiger partial charge is 0.121 e. The minimum atomic E-state index is -0.191. The van der Waals surface area contributed by atoms with Crippen molar-refractivity contribution in [1.29, 1.82) is 0 Å². The summed E-state index contributed by atoms with van der Waals surface area (Å²) in [6.45, 7) is 3.86. The van der Waals surface area contributed by atoms with E-state index in [4.69, 9.17) is 9.47 Å². The minimum absolute atomic E-state index is 0.0524. The summed E-state index contributed by atoms with van der Waals surface area (Å²) in [5, 5.41) is 3.87. The first-order chi connectivity index (χ1) is 15.1. The van der Waals surface area contributed by atoms with Crippen molar-refractivity contribution in [3.63, 3.8) is 0 Å². The van der Waals surface area contributed by atoms with E-state index in [2.05, 4.69) is 75.2 Å². The molecule has 0 unspecified atom stereocenters. The second kappa shape index (κ2) is 6.90. The molecule has 0 bridgehead atoms. The fourth-order valence-corrected chi connectivity index (χ4v) is 5.76. The van der Waals surface area contributed by atoms with Crippen LogP contribution in [0.4, 0.5) is 5.69 Å². The molecule has 0 amide bonds. The maximum absolute atomic E-state index is 6.64. The molecule has 3 aromatic rings. The van der Waals surface area contributed by atoms with E-state index in [9.17, 15) is 0 Å². The zero-order valence-corrected chi connectivity index (χ0v) is 18.3. The molecule has 1 N–H and O–H groups in total. The summed E-state index contributed by atoms with van der Waals surface area (Å²) in [4.78, 5) is 2.56. The lowest BCUT2D eigenvalue weighted by atomic mass is 9.79. The molecule has 6 heteroatoms. The Hall–Kier alpha value is -2.70. The monoisotopic (exact) mass is 418 g/mol. The van der Waals surface area contributed by atoms with Gasteiger partial charge >= 0.3 is 0 Å². The minimum Gasteiger partial charge on any atom is -0.497 e. The fraction of sp³-hybridized carbons (Fsp3) is 0.440. The molecule has 2 saturated heterocycles. The topological polar surface area (TPSA) is 43.6 Å². The molecule has 6 nitrogen and oxygen atoms in total. The van der Waals surface area contributed by atoms with Crippen LogP contribution in [-0.4, -0.2) is 46.4 Å². The van der Waals surface area contributed by atoms with Gasteiger partial charge in [-0.3, -0.25) is 4.90 Å². The number of likely N-dealkylation sites (tertiary alicyclic amines) is 1. The average Bonchev–Trinajstić information content (AvgIpc) is 3.51. The third kappa shape index (κ3) is 3.00. The van der Waals surface area contributed by atoms with Crippen molar-refractivity contribution in [2.75, 3.05) is 32.1 Å². The van der Waals surface area contributed by atoms with Crippen molar-refractivity contribution in [3.05, 3.63) is 66.2 Å². The molecule has 0 aliphatic carbocycles. The SMILES string of the molecule is COc1ccc2c(c1)N[C@@]1(COC3(CCN(Cc4cccn4C)CC3)C1)c1cccn1-2. The van der Waals surface area contributed by atoms with Crippen LogP contribution in [0.15, 0.2) is 54.9 Å². The molecular formula is C25H30N4O2. The van der Waals surface area contributed by atoms with Crippen LogP contribution < -0.4 is 10.1 Å². The first-order valence-corrected chi connectivity index (χ1v) is 11.2. The summed E-state index contributed by atoms with van der Waals surface area (Å²) in [6.07, 6.45) is 7.44. The van der Waals surface area contributed by atoms with Crippen LogP contribution in [0.5, 0.6) is 5.75 Å². The lowest BCUT2D eigenvalue weighted by Crippen LogP contribution is -2.46. The van der Waals surface area contributed by atoms with E-state index in [1.165, 1.54) is 17.1 Å². The number of benzene rings is 1. The van der Waals surface area contributed by atoms with Crippen molar-refractivity contribution in [2.45, 2.75) is 36.9 Å². The number of aromatic nitrogens is 2. The highest BCUT2D eigenvalue weighted by atomic mass is 16.5. The van der Waals surface area contributed by atoms with Crippen LogP contribution >= 0.6 is 0 Å². The van der Waals surface area contributed by atoms with Gasteiger partial charge in [0.25, 0.3) is 0 Å². The highest BCUT2D eigenvalue weighted by Gasteiger charge is 2.53. The highest BCUT2D eigenvalue weighted by molar-refractivity contribution is 5.69. The van der Waals surface area contributed by atoms with Crippen LogP contribution in [0, 0.1) is 0 Å². The van der Waals surface area contributed by atoms with Gasteiger partial charge in [-0.1, -0.05) is 0 Å². The lowest BCUT2D eigenvalue weighted by molar-refractivity contribution is -0.0454. The predicted molar refractivity (Wildman–Crippen MR) is 121 cm³/mol. The van der Waals surface area contributed by atoms with E-state index < -0.39 is 0 Å². The average molecular weight is 419 g/mol. The van der Waals surface area contributed by atoms with Gasteiger partial charge in [-0.15, -0.1) is 0 Å². The molecule has 0 saturated carbocycles. The maximum atomic E-state index is 6.64. The molecule has 31 heavy (non-hydrogen) atoms. The molecule has 3 aliphatic heterocycles. The number of nitrogens with zero attached hydrogens (tertiary/aromatic N) is 3. The molecule has 1 atom stereocenters. The number of rotatable bonds is 3. The second-order valence-corrected chi connectivity index (χ2v) is 9.39. The maximum Gasteiger partial charge on any atom is 0.121 e. The number of hydrogen-bond acceptors (Lipinski definition) is 4. The summed E-state index contributed by atoms with van der Waals surface area (Å²) in [5.74, 6) is 0.875. The molecule has 5 heterocycles. The Bertz CT molecular complexity index is 1110. The van der Waals surface area contributed by atoms with Gasteiger partial charge in [0.05, 0.1) is 36.4 Å². The van der Waals surface area contributed by atoms with Gasteiger partial charge in [0.2, 0.25) is 0 Å². The number of hydrogen-bond donors (Lipinski definition) is 1. The van der Waals surface area contributed by atoms with Gasteiger partial charge in [0.1, 0.15) is 11.3 Å². The van der Waals surface area contributed by atoms with Gasteiger partial charge < -0.3 is 23.9 Å². The molecule has 2 aromatic heterocycles. The quantitative estimate of drug-likeness (QED) is 0.701. The number of nitrogens with one attached hydrogen (secondary N) is 1. The van der Waals surface area contributed by atoms with Gasteiger partial charge in [-0.05, 0) is 49.2 Å². The number of anilines is 1. The van der Waals surface area contributed by atoms with Crippen molar-refractivity contribution < 1.29 is 9.47 Å². The number of methoxy groups -OCH3 is 1. The Kier molecular flexibility index (Phi) is 4.24. The van der Waals surface area contributed by atoms with Gasteiger partial charge in [-0.2, -0.15) is 0 Å². The molecule has 0 radical (unpaired) electrons. The lowest BCUT2D eigenvalue weighted by Gasteiger charge is -2.41.